The predicted octanol–water partition coefficient (Wildman–Crippen LogP) is 1.58. The molecule has 1 saturated heterocycles. The first kappa shape index (κ1) is 13.4. The van der Waals surface area contributed by atoms with Gasteiger partial charge in [0.1, 0.15) is 0 Å². The second kappa shape index (κ2) is 6.75. The smallest absolute Gasteiger partial charge is 0.322 e. The zero-order valence-corrected chi connectivity index (χ0v) is 11.5. The number of rotatable bonds is 7. The molecule has 18 heavy (non-hydrogen) atoms. The summed E-state index contributed by atoms with van der Waals surface area (Å²) in [4.78, 5) is 12.9. The molecule has 0 aliphatic carbocycles. The SMILES string of the molecule is CCCNc1nc(OCC)nc(SC2COC2)n1. The molecule has 1 aliphatic heterocycles. The predicted molar refractivity (Wildman–Crippen MR) is 70.2 cm³/mol. The van der Waals surface area contributed by atoms with Crippen LogP contribution in [0.25, 0.3) is 0 Å². The van der Waals surface area contributed by atoms with Crippen molar-refractivity contribution in [2.45, 2.75) is 30.7 Å². The van der Waals surface area contributed by atoms with E-state index in [1.54, 1.807) is 11.8 Å². The molecule has 0 bridgehead atoms. The standard InChI is InChI=1S/C11H18N4O2S/c1-3-5-12-9-13-10(17-4-2)15-11(14-9)18-8-6-16-7-8/h8H,3-7H2,1-2H3,(H,12,13,14,15). The molecule has 0 radical (unpaired) electrons. The molecule has 0 amide bonds. The van der Waals surface area contributed by atoms with E-state index < -0.39 is 0 Å². The molecule has 0 atom stereocenters. The number of hydrogen-bond donors (Lipinski definition) is 1. The molecule has 100 valence electrons. The lowest BCUT2D eigenvalue weighted by Crippen LogP contribution is -2.30. The third-order valence-corrected chi connectivity index (χ3v) is 3.28. The van der Waals surface area contributed by atoms with Crippen molar-refractivity contribution in [3.8, 4) is 6.01 Å². The van der Waals surface area contributed by atoms with Crippen LogP contribution in [0.15, 0.2) is 5.16 Å². The largest absolute Gasteiger partial charge is 0.464 e. The molecule has 1 aromatic heterocycles. The minimum atomic E-state index is 0.383. The van der Waals surface area contributed by atoms with Crippen molar-refractivity contribution >= 4 is 17.7 Å². The van der Waals surface area contributed by atoms with Gasteiger partial charge in [0.15, 0.2) is 5.16 Å². The van der Waals surface area contributed by atoms with Gasteiger partial charge in [-0.05, 0) is 13.3 Å². The summed E-state index contributed by atoms with van der Waals surface area (Å²) in [6.45, 7) is 6.92. The number of anilines is 1. The lowest BCUT2D eigenvalue weighted by Gasteiger charge is -2.24. The van der Waals surface area contributed by atoms with Crippen LogP contribution in [-0.4, -0.2) is 46.6 Å². The van der Waals surface area contributed by atoms with Crippen LogP contribution in [0.3, 0.4) is 0 Å². The summed E-state index contributed by atoms with van der Waals surface area (Å²) in [6, 6.07) is 0.383. The lowest BCUT2D eigenvalue weighted by atomic mass is 10.4. The van der Waals surface area contributed by atoms with Crippen LogP contribution >= 0.6 is 11.8 Å². The monoisotopic (exact) mass is 270 g/mol. The Balaban J connectivity index is 2.07. The summed E-state index contributed by atoms with van der Waals surface area (Å²) in [5.41, 5.74) is 0. The Labute approximate surface area is 111 Å². The topological polar surface area (TPSA) is 69.2 Å². The Morgan fingerprint density at radius 3 is 2.78 bits per heavy atom. The third kappa shape index (κ3) is 3.71. The molecule has 2 rings (SSSR count). The molecular weight excluding hydrogens is 252 g/mol. The van der Waals surface area contributed by atoms with E-state index in [-0.39, 0.29) is 0 Å². The van der Waals surface area contributed by atoms with Crippen LogP contribution in [0.4, 0.5) is 5.95 Å². The van der Waals surface area contributed by atoms with Gasteiger partial charge in [0.25, 0.3) is 0 Å². The number of aromatic nitrogens is 3. The highest BCUT2D eigenvalue weighted by atomic mass is 32.2. The van der Waals surface area contributed by atoms with Crippen LogP contribution < -0.4 is 10.1 Å². The average molecular weight is 270 g/mol. The molecule has 1 fully saturated rings. The quantitative estimate of drug-likeness (QED) is 0.806. The summed E-state index contributed by atoms with van der Waals surface area (Å²) in [7, 11) is 0. The highest BCUT2D eigenvalue weighted by Crippen LogP contribution is 2.26. The van der Waals surface area contributed by atoms with Crippen LogP contribution in [-0.2, 0) is 4.74 Å². The zero-order valence-electron chi connectivity index (χ0n) is 10.7. The molecule has 0 spiro atoms. The van der Waals surface area contributed by atoms with Gasteiger partial charge in [-0.15, -0.1) is 0 Å². The van der Waals surface area contributed by atoms with Crippen LogP contribution in [0.5, 0.6) is 6.01 Å². The first-order valence-corrected chi connectivity index (χ1v) is 7.07. The van der Waals surface area contributed by atoms with Crippen LogP contribution in [0.2, 0.25) is 0 Å². The summed E-state index contributed by atoms with van der Waals surface area (Å²) < 4.78 is 10.5. The van der Waals surface area contributed by atoms with E-state index in [0.29, 0.717) is 29.0 Å². The Morgan fingerprint density at radius 1 is 1.33 bits per heavy atom. The van der Waals surface area contributed by atoms with Crippen molar-refractivity contribution < 1.29 is 9.47 Å². The Hall–Kier alpha value is -1.08. The number of nitrogens with one attached hydrogen (secondary N) is 1. The van der Waals surface area contributed by atoms with Crippen LogP contribution in [0, 0.1) is 0 Å². The molecule has 7 heteroatoms. The molecular formula is C11H18N4O2S. The maximum atomic E-state index is 5.35. The average Bonchev–Trinajstić information content (AvgIpc) is 2.32. The van der Waals surface area contributed by atoms with Crippen molar-refractivity contribution in [1.29, 1.82) is 0 Å². The van der Waals surface area contributed by atoms with Gasteiger partial charge in [-0.3, -0.25) is 0 Å². The highest BCUT2D eigenvalue weighted by molar-refractivity contribution is 7.99. The fraction of sp³-hybridized carbons (Fsp3) is 0.727. The maximum absolute atomic E-state index is 5.35. The normalized spacial score (nSPS) is 15.2. The minimum Gasteiger partial charge on any atom is -0.464 e. The van der Waals surface area contributed by atoms with Gasteiger partial charge in [0, 0.05) is 6.54 Å². The summed E-state index contributed by atoms with van der Waals surface area (Å²) in [5, 5.41) is 4.30. The van der Waals surface area contributed by atoms with E-state index in [9.17, 15) is 0 Å². The van der Waals surface area contributed by atoms with Gasteiger partial charge in [-0.2, -0.15) is 15.0 Å². The zero-order chi connectivity index (χ0) is 12.8. The van der Waals surface area contributed by atoms with Gasteiger partial charge in [0.2, 0.25) is 5.95 Å². The lowest BCUT2D eigenvalue weighted by molar-refractivity contribution is 0.0454. The first-order valence-electron chi connectivity index (χ1n) is 6.19. The van der Waals surface area contributed by atoms with E-state index in [1.807, 2.05) is 6.92 Å². The van der Waals surface area contributed by atoms with Crippen molar-refractivity contribution in [1.82, 2.24) is 15.0 Å². The molecule has 0 unspecified atom stereocenters. The summed E-state index contributed by atoms with van der Waals surface area (Å²) in [6.07, 6.45) is 1.02. The molecule has 1 aromatic rings. The fourth-order valence-electron chi connectivity index (χ4n) is 1.33. The van der Waals surface area contributed by atoms with Crippen molar-refractivity contribution in [2.75, 3.05) is 31.7 Å². The second-order valence-electron chi connectivity index (χ2n) is 3.86. The molecule has 6 nitrogen and oxygen atoms in total. The number of hydrogen-bond acceptors (Lipinski definition) is 7. The van der Waals surface area contributed by atoms with E-state index in [2.05, 4.69) is 27.2 Å². The molecule has 2 heterocycles. The minimum absolute atomic E-state index is 0.383. The number of ether oxygens (including phenoxy) is 2. The number of nitrogens with zero attached hydrogens (tertiary/aromatic N) is 3. The fourth-order valence-corrected chi connectivity index (χ4v) is 2.23. The molecule has 0 aromatic carbocycles. The second-order valence-corrected chi connectivity index (χ2v) is 5.13. The Bertz CT molecular complexity index is 387. The Kier molecular flexibility index (Phi) is 5.00. The first-order chi connectivity index (χ1) is 8.81. The van der Waals surface area contributed by atoms with E-state index in [1.165, 1.54) is 0 Å². The van der Waals surface area contributed by atoms with Crippen molar-refractivity contribution in [2.24, 2.45) is 0 Å². The third-order valence-electron chi connectivity index (χ3n) is 2.28. The van der Waals surface area contributed by atoms with E-state index >= 15 is 0 Å². The summed E-state index contributed by atoms with van der Waals surface area (Å²) >= 11 is 1.61. The molecule has 1 aliphatic rings. The van der Waals surface area contributed by atoms with Gasteiger partial charge in [-0.1, -0.05) is 18.7 Å². The summed E-state index contributed by atoms with van der Waals surface area (Å²) in [5.74, 6) is 0.582. The van der Waals surface area contributed by atoms with Gasteiger partial charge in [-0.25, -0.2) is 0 Å². The molecule has 1 N–H and O–H groups in total. The van der Waals surface area contributed by atoms with Crippen molar-refractivity contribution in [3.05, 3.63) is 0 Å². The number of thioether (sulfide) groups is 1. The maximum Gasteiger partial charge on any atom is 0.322 e. The van der Waals surface area contributed by atoms with Gasteiger partial charge in [0.05, 0.1) is 25.1 Å². The Morgan fingerprint density at radius 2 is 2.17 bits per heavy atom. The van der Waals surface area contributed by atoms with Gasteiger partial charge >= 0.3 is 6.01 Å². The molecule has 0 saturated carbocycles. The van der Waals surface area contributed by atoms with Crippen LogP contribution in [0.1, 0.15) is 20.3 Å². The van der Waals surface area contributed by atoms with E-state index in [4.69, 9.17) is 9.47 Å². The van der Waals surface area contributed by atoms with Gasteiger partial charge < -0.3 is 14.8 Å². The van der Waals surface area contributed by atoms with Crippen molar-refractivity contribution in [3.63, 3.8) is 0 Å². The van der Waals surface area contributed by atoms with E-state index in [0.717, 1.165) is 26.2 Å². The highest BCUT2D eigenvalue weighted by Gasteiger charge is 2.22.